The standard InChI is InChI=1S/C18H26N4O/c1-13(2)20-7-9-21(10-8-20)15-5-6-16-17(11-15)19-12-22(14(3)4)18(16)23/h5-6,11-14H,7-10H2,1-4H3. The van der Waals surface area contributed by atoms with E-state index >= 15 is 0 Å². The molecule has 3 rings (SSSR count). The molecule has 2 aromatic rings. The molecule has 124 valence electrons. The Morgan fingerprint density at radius 2 is 1.70 bits per heavy atom. The first kappa shape index (κ1) is 16.0. The van der Waals surface area contributed by atoms with Gasteiger partial charge in [-0.1, -0.05) is 0 Å². The van der Waals surface area contributed by atoms with Crippen LogP contribution in [0, 0.1) is 0 Å². The van der Waals surface area contributed by atoms with Gasteiger partial charge in [0.15, 0.2) is 0 Å². The lowest BCUT2D eigenvalue weighted by Gasteiger charge is -2.38. The first-order chi connectivity index (χ1) is 11.0. The normalized spacial score (nSPS) is 16.7. The van der Waals surface area contributed by atoms with Crippen LogP contribution in [0.3, 0.4) is 0 Å². The SMILES string of the molecule is CC(C)N1CCN(c2ccc3c(=O)n(C(C)C)cnc3c2)CC1. The van der Waals surface area contributed by atoms with Gasteiger partial charge in [0.2, 0.25) is 0 Å². The summed E-state index contributed by atoms with van der Waals surface area (Å²) in [5.74, 6) is 0. The average molecular weight is 314 g/mol. The van der Waals surface area contributed by atoms with Gasteiger partial charge in [0.1, 0.15) is 0 Å². The van der Waals surface area contributed by atoms with Crippen molar-refractivity contribution in [2.24, 2.45) is 0 Å². The van der Waals surface area contributed by atoms with E-state index in [1.54, 1.807) is 10.9 Å². The van der Waals surface area contributed by atoms with Crippen molar-refractivity contribution in [3.8, 4) is 0 Å². The molecular formula is C18H26N4O. The van der Waals surface area contributed by atoms with E-state index in [2.05, 4.69) is 34.7 Å². The Labute approximate surface area is 137 Å². The number of hydrogen-bond acceptors (Lipinski definition) is 4. The van der Waals surface area contributed by atoms with E-state index in [0.29, 0.717) is 11.4 Å². The van der Waals surface area contributed by atoms with Crippen LogP contribution < -0.4 is 10.5 Å². The van der Waals surface area contributed by atoms with E-state index in [1.807, 2.05) is 26.0 Å². The van der Waals surface area contributed by atoms with Gasteiger partial charge in [-0.05, 0) is 45.9 Å². The number of hydrogen-bond donors (Lipinski definition) is 0. The second-order valence-electron chi connectivity index (χ2n) is 6.87. The van der Waals surface area contributed by atoms with Gasteiger partial charge >= 0.3 is 0 Å². The Kier molecular flexibility index (Phi) is 4.39. The zero-order chi connectivity index (χ0) is 16.6. The van der Waals surface area contributed by atoms with E-state index in [4.69, 9.17) is 0 Å². The van der Waals surface area contributed by atoms with Crippen molar-refractivity contribution in [3.05, 3.63) is 34.9 Å². The highest BCUT2D eigenvalue weighted by Gasteiger charge is 2.19. The number of benzene rings is 1. The molecule has 23 heavy (non-hydrogen) atoms. The number of rotatable bonds is 3. The fraction of sp³-hybridized carbons (Fsp3) is 0.556. The number of anilines is 1. The van der Waals surface area contributed by atoms with Crippen LogP contribution in [0.1, 0.15) is 33.7 Å². The van der Waals surface area contributed by atoms with Crippen molar-refractivity contribution in [2.45, 2.75) is 39.8 Å². The van der Waals surface area contributed by atoms with Gasteiger partial charge in [-0.2, -0.15) is 0 Å². The molecule has 1 aromatic carbocycles. The molecule has 0 atom stereocenters. The molecule has 0 amide bonds. The summed E-state index contributed by atoms with van der Waals surface area (Å²) in [5.41, 5.74) is 1.99. The van der Waals surface area contributed by atoms with Crippen LogP contribution in [0.15, 0.2) is 29.3 Å². The third kappa shape index (κ3) is 3.11. The number of nitrogens with zero attached hydrogens (tertiary/aromatic N) is 4. The Balaban J connectivity index is 1.87. The first-order valence-corrected chi connectivity index (χ1v) is 8.47. The maximum atomic E-state index is 12.5. The zero-order valence-electron chi connectivity index (χ0n) is 14.5. The van der Waals surface area contributed by atoms with E-state index in [9.17, 15) is 4.79 Å². The Hall–Kier alpha value is -1.88. The molecule has 0 N–H and O–H groups in total. The van der Waals surface area contributed by atoms with Crippen LogP contribution in [0.25, 0.3) is 10.9 Å². The molecule has 5 heteroatoms. The molecule has 1 saturated heterocycles. The smallest absolute Gasteiger partial charge is 0.261 e. The summed E-state index contributed by atoms with van der Waals surface area (Å²) in [7, 11) is 0. The molecule has 0 aliphatic carbocycles. The monoisotopic (exact) mass is 314 g/mol. The van der Waals surface area contributed by atoms with Gasteiger partial charge in [0.25, 0.3) is 5.56 Å². The molecule has 1 aliphatic rings. The highest BCUT2D eigenvalue weighted by Crippen LogP contribution is 2.21. The summed E-state index contributed by atoms with van der Waals surface area (Å²) in [6.07, 6.45) is 1.66. The molecule has 1 fully saturated rings. The lowest BCUT2D eigenvalue weighted by Crippen LogP contribution is -2.48. The van der Waals surface area contributed by atoms with E-state index in [0.717, 1.165) is 37.4 Å². The molecule has 0 radical (unpaired) electrons. The van der Waals surface area contributed by atoms with Gasteiger partial charge in [-0.15, -0.1) is 0 Å². The molecule has 5 nitrogen and oxygen atoms in total. The lowest BCUT2D eigenvalue weighted by molar-refractivity contribution is 0.209. The van der Waals surface area contributed by atoms with Gasteiger partial charge < -0.3 is 4.90 Å². The minimum atomic E-state index is 0.0428. The summed E-state index contributed by atoms with van der Waals surface area (Å²) in [4.78, 5) is 21.8. The number of aromatic nitrogens is 2. The Bertz CT molecular complexity index is 742. The van der Waals surface area contributed by atoms with Gasteiger partial charge in [0.05, 0.1) is 17.2 Å². The summed E-state index contributed by atoms with van der Waals surface area (Å²) in [5, 5.41) is 0.700. The zero-order valence-corrected chi connectivity index (χ0v) is 14.5. The quantitative estimate of drug-likeness (QED) is 0.873. The fourth-order valence-electron chi connectivity index (χ4n) is 3.18. The van der Waals surface area contributed by atoms with Gasteiger partial charge in [0, 0.05) is 44.0 Å². The Morgan fingerprint density at radius 1 is 1.00 bits per heavy atom. The molecule has 0 bridgehead atoms. The summed E-state index contributed by atoms with van der Waals surface area (Å²) in [6, 6.07) is 6.76. The van der Waals surface area contributed by atoms with Gasteiger partial charge in [-0.3, -0.25) is 14.3 Å². The highest BCUT2D eigenvalue weighted by molar-refractivity contribution is 5.81. The molecule has 1 aliphatic heterocycles. The van der Waals surface area contributed by atoms with Crippen molar-refractivity contribution in [1.29, 1.82) is 0 Å². The van der Waals surface area contributed by atoms with Crippen LogP contribution in [0.2, 0.25) is 0 Å². The highest BCUT2D eigenvalue weighted by atomic mass is 16.1. The third-order valence-electron chi connectivity index (χ3n) is 4.73. The lowest BCUT2D eigenvalue weighted by atomic mass is 10.1. The third-order valence-corrected chi connectivity index (χ3v) is 4.73. The van der Waals surface area contributed by atoms with Crippen molar-refractivity contribution < 1.29 is 0 Å². The van der Waals surface area contributed by atoms with E-state index in [-0.39, 0.29) is 11.6 Å². The van der Waals surface area contributed by atoms with Crippen LogP contribution in [0.4, 0.5) is 5.69 Å². The molecule has 0 unspecified atom stereocenters. The summed E-state index contributed by atoms with van der Waals surface area (Å²) >= 11 is 0. The van der Waals surface area contributed by atoms with Gasteiger partial charge in [-0.25, -0.2) is 4.98 Å². The second-order valence-corrected chi connectivity index (χ2v) is 6.87. The van der Waals surface area contributed by atoms with E-state index < -0.39 is 0 Å². The molecule has 0 saturated carbocycles. The first-order valence-electron chi connectivity index (χ1n) is 8.47. The van der Waals surface area contributed by atoms with Crippen LogP contribution in [0.5, 0.6) is 0 Å². The molecule has 1 aromatic heterocycles. The second kappa shape index (κ2) is 6.32. The maximum absolute atomic E-state index is 12.5. The molecular weight excluding hydrogens is 288 g/mol. The minimum absolute atomic E-state index is 0.0428. The number of fused-ring (bicyclic) bond motifs is 1. The van der Waals surface area contributed by atoms with Crippen LogP contribution >= 0.6 is 0 Å². The van der Waals surface area contributed by atoms with Crippen molar-refractivity contribution >= 4 is 16.6 Å². The van der Waals surface area contributed by atoms with Crippen molar-refractivity contribution in [3.63, 3.8) is 0 Å². The Morgan fingerprint density at radius 3 is 2.30 bits per heavy atom. The topological polar surface area (TPSA) is 41.4 Å². The van der Waals surface area contributed by atoms with Crippen molar-refractivity contribution in [2.75, 3.05) is 31.1 Å². The fourth-order valence-corrected chi connectivity index (χ4v) is 3.18. The number of piperazine rings is 1. The van der Waals surface area contributed by atoms with E-state index in [1.165, 1.54) is 0 Å². The summed E-state index contributed by atoms with van der Waals surface area (Å²) < 4.78 is 1.68. The predicted octanol–water partition coefficient (Wildman–Crippen LogP) is 2.51. The molecule has 0 spiro atoms. The largest absolute Gasteiger partial charge is 0.369 e. The minimum Gasteiger partial charge on any atom is -0.369 e. The summed E-state index contributed by atoms with van der Waals surface area (Å²) in [6.45, 7) is 12.7. The van der Waals surface area contributed by atoms with Crippen LogP contribution in [-0.4, -0.2) is 46.7 Å². The molecule has 2 heterocycles. The predicted molar refractivity (Wildman–Crippen MR) is 95.3 cm³/mol. The maximum Gasteiger partial charge on any atom is 0.261 e. The average Bonchev–Trinajstić information content (AvgIpc) is 2.54. The van der Waals surface area contributed by atoms with Crippen molar-refractivity contribution in [1.82, 2.24) is 14.5 Å². The van der Waals surface area contributed by atoms with Crippen LogP contribution in [-0.2, 0) is 0 Å².